The molecule has 0 saturated carbocycles. The number of ether oxygens (including phenoxy) is 3. The molecule has 0 rings (SSSR count). The molecule has 0 saturated heterocycles. The highest BCUT2D eigenvalue weighted by atomic mass is 16.6. The van der Waals surface area contributed by atoms with Gasteiger partial charge in [-0.1, -0.05) is 246 Å². The molecule has 0 radical (unpaired) electrons. The van der Waals surface area contributed by atoms with Crippen LogP contribution in [0.25, 0.3) is 0 Å². The Kier molecular flexibility index (Phi) is 54.4. The zero-order chi connectivity index (χ0) is 50.7. The van der Waals surface area contributed by atoms with Gasteiger partial charge in [-0.15, -0.1) is 0 Å². The lowest BCUT2D eigenvalue weighted by molar-refractivity contribution is -0.167. The van der Waals surface area contributed by atoms with Crippen LogP contribution in [0.1, 0.15) is 258 Å². The van der Waals surface area contributed by atoms with Gasteiger partial charge in [0.2, 0.25) is 0 Å². The van der Waals surface area contributed by atoms with Gasteiger partial charge in [-0.2, -0.15) is 0 Å². The van der Waals surface area contributed by atoms with E-state index in [1.165, 1.54) is 109 Å². The van der Waals surface area contributed by atoms with Gasteiger partial charge in [-0.05, 0) is 103 Å². The summed E-state index contributed by atoms with van der Waals surface area (Å²) in [4.78, 5) is 38.2. The fourth-order valence-corrected chi connectivity index (χ4v) is 7.70. The molecule has 0 fully saturated rings. The lowest BCUT2D eigenvalue weighted by Gasteiger charge is -2.18. The highest BCUT2D eigenvalue weighted by Gasteiger charge is 2.19. The highest BCUT2D eigenvalue weighted by Crippen LogP contribution is 2.15. The monoisotopic (exact) mass is 971 g/mol. The smallest absolute Gasteiger partial charge is 0.306 e. The van der Waals surface area contributed by atoms with Crippen LogP contribution in [0, 0.1) is 0 Å². The van der Waals surface area contributed by atoms with E-state index in [0.717, 1.165) is 103 Å². The van der Waals surface area contributed by atoms with Gasteiger partial charge in [-0.25, -0.2) is 0 Å². The number of unbranched alkanes of at least 4 members (excludes halogenated alkanes) is 22. The lowest BCUT2D eigenvalue weighted by atomic mass is 10.0. The van der Waals surface area contributed by atoms with Crippen LogP contribution < -0.4 is 0 Å². The number of esters is 3. The maximum absolute atomic E-state index is 12.8. The number of allylic oxidation sites excluding steroid dienone is 18. The van der Waals surface area contributed by atoms with Crippen molar-refractivity contribution in [3.05, 3.63) is 109 Å². The molecule has 0 heterocycles. The van der Waals surface area contributed by atoms with E-state index in [2.05, 4.69) is 130 Å². The van der Waals surface area contributed by atoms with Crippen molar-refractivity contribution in [2.24, 2.45) is 0 Å². The maximum Gasteiger partial charge on any atom is 0.306 e. The lowest BCUT2D eigenvalue weighted by Crippen LogP contribution is -2.30. The zero-order valence-electron chi connectivity index (χ0n) is 45.5. The van der Waals surface area contributed by atoms with Crippen LogP contribution in [0.5, 0.6) is 0 Å². The van der Waals surface area contributed by atoms with Crippen LogP contribution in [0.15, 0.2) is 109 Å². The number of hydrogen-bond donors (Lipinski definition) is 0. The second-order valence-electron chi connectivity index (χ2n) is 18.8. The number of hydrogen-bond acceptors (Lipinski definition) is 6. The molecule has 398 valence electrons. The van der Waals surface area contributed by atoms with E-state index in [4.69, 9.17) is 14.2 Å². The minimum atomic E-state index is -0.822. The summed E-state index contributed by atoms with van der Waals surface area (Å²) in [6.45, 7) is 6.43. The second kappa shape index (κ2) is 57.6. The maximum atomic E-state index is 12.8. The normalized spacial score (nSPS) is 12.9. The molecule has 0 aromatic heterocycles. The summed E-state index contributed by atoms with van der Waals surface area (Å²) in [5, 5.41) is 0. The summed E-state index contributed by atoms with van der Waals surface area (Å²) in [6, 6.07) is 0. The van der Waals surface area contributed by atoms with Crippen molar-refractivity contribution in [2.45, 2.75) is 264 Å². The SMILES string of the molecule is CC/C=C\C/C=C\C/C=C\C/C=C\C/C=C\CCCC(=O)O[C@@H](COC(=O)CCCCC/C=C\C/C=C\C/C=C\C/C=C\CCCCC)COC(=O)CCCCCCCCCCCCCCCCCC. The molecule has 70 heavy (non-hydrogen) atoms. The zero-order valence-corrected chi connectivity index (χ0v) is 45.5. The number of rotatable bonds is 51. The Bertz CT molecular complexity index is 1440. The van der Waals surface area contributed by atoms with E-state index >= 15 is 0 Å². The first kappa shape index (κ1) is 66.1. The Balaban J connectivity index is 4.53. The Labute approximate surface area is 431 Å². The van der Waals surface area contributed by atoms with E-state index in [9.17, 15) is 14.4 Å². The van der Waals surface area contributed by atoms with E-state index in [-0.39, 0.29) is 37.5 Å². The molecule has 0 aromatic carbocycles. The fourth-order valence-electron chi connectivity index (χ4n) is 7.70. The van der Waals surface area contributed by atoms with Crippen LogP contribution in [-0.2, 0) is 28.6 Å². The minimum absolute atomic E-state index is 0.111. The average molecular weight is 972 g/mol. The number of carbonyl (C=O) groups is 3. The van der Waals surface area contributed by atoms with Crippen molar-refractivity contribution in [3.8, 4) is 0 Å². The summed E-state index contributed by atoms with van der Waals surface area (Å²) < 4.78 is 16.8. The topological polar surface area (TPSA) is 78.9 Å². The van der Waals surface area contributed by atoms with Crippen molar-refractivity contribution in [2.75, 3.05) is 13.2 Å². The largest absolute Gasteiger partial charge is 0.462 e. The highest BCUT2D eigenvalue weighted by molar-refractivity contribution is 5.71. The molecule has 0 bridgehead atoms. The van der Waals surface area contributed by atoms with Crippen molar-refractivity contribution < 1.29 is 28.6 Å². The van der Waals surface area contributed by atoms with E-state index in [1.807, 2.05) is 0 Å². The third-order valence-corrected chi connectivity index (χ3v) is 12.0. The predicted octanol–water partition coefficient (Wildman–Crippen LogP) is 19.5. The van der Waals surface area contributed by atoms with Gasteiger partial charge in [0.15, 0.2) is 6.10 Å². The van der Waals surface area contributed by atoms with Crippen LogP contribution in [0.2, 0.25) is 0 Å². The Hall–Kier alpha value is -3.93. The average Bonchev–Trinajstić information content (AvgIpc) is 3.36. The molecule has 0 spiro atoms. The summed E-state index contributed by atoms with van der Waals surface area (Å²) in [5.41, 5.74) is 0. The van der Waals surface area contributed by atoms with Gasteiger partial charge in [0.05, 0.1) is 0 Å². The van der Waals surface area contributed by atoms with Crippen LogP contribution >= 0.6 is 0 Å². The van der Waals surface area contributed by atoms with E-state index < -0.39 is 6.10 Å². The number of carbonyl (C=O) groups excluding carboxylic acids is 3. The molecule has 0 amide bonds. The van der Waals surface area contributed by atoms with Gasteiger partial charge in [0, 0.05) is 19.3 Å². The summed E-state index contributed by atoms with van der Waals surface area (Å²) >= 11 is 0. The molecule has 6 heteroatoms. The first-order chi connectivity index (χ1) is 34.5. The Morgan fingerprint density at radius 1 is 0.300 bits per heavy atom. The molecule has 0 aliphatic rings. The third-order valence-electron chi connectivity index (χ3n) is 12.0. The summed E-state index contributed by atoms with van der Waals surface area (Å²) in [5.74, 6) is -0.999. The summed E-state index contributed by atoms with van der Waals surface area (Å²) in [7, 11) is 0. The van der Waals surface area contributed by atoms with Gasteiger partial charge < -0.3 is 14.2 Å². The van der Waals surface area contributed by atoms with E-state index in [0.29, 0.717) is 19.3 Å². The van der Waals surface area contributed by atoms with Gasteiger partial charge >= 0.3 is 17.9 Å². The third kappa shape index (κ3) is 55.0. The van der Waals surface area contributed by atoms with Crippen LogP contribution in [0.4, 0.5) is 0 Å². The Morgan fingerprint density at radius 3 is 0.943 bits per heavy atom. The first-order valence-corrected chi connectivity index (χ1v) is 28.9. The molecule has 0 N–H and O–H groups in total. The molecule has 1 atom stereocenters. The summed E-state index contributed by atoms with van der Waals surface area (Å²) in [6.07, 6.45) is 78.0. The van der Waals surface area contributed by atoms with Crippen molar-refractivity contribution in [3.63, 3.8) is 0 Å². The van der Waals surface area contributed by atoms with Crippen LogP contribution in [-0.4, -0.2) is 37.2 Å². The standard InChI is InChI=1S/C64H106O6/c1-4-7-10-13-16-19-22-25-28-31-32-34-36-39-42-45-48-51-54-57-63(66)69-60-61(59-68-62(65)56-53-50-47-44-41-38-35-30-27-24-21-18-15-12-9-6-3)70-64(67)58-55-52-49-46-43-40-37-33-29-26-23-20-17-14-11-8-5-2/h8,11,16-17,19-20,25-26,28-29,32,34,37,39-40,42,46,49,61H,4-7,9-10,12-15,18,21-24,27,30-31,33,35-36,38,41,43-45,47-48,50-60H2,1-3H3/b11-8-,19-16-,20-17-,28-25-,29-26-,34-32-,40-37-,42-39-,49-46-/t61-/m1/s1. The molecule has 0 aliphatic heterocycles. The molecule has 0 unspecified atom stereocenters. The minimum Gasteiger partial charge on any atom is -0.462 e. The predicted molar refractivity (Wildman–Crippen MR) is 302 cm³/mol. The van der Waals surface area contributed by atoms with Crippen molar-refractivity contribution in [1.29, 1.82) is 0 Å². The fraction of sp³-hybridized carbons (Fsp3) is 0.672. The van der Waals surface area contributed by atoms with Gasteiger partial charge in [-0.3, -0.25) is 14.4 Å². The quantitative estimate of drug-likeness (QED) is 0.0262. The molecule has 0 aliphatic carbocycles. The van der Waals surface area contributed by atoms with E-state index in [1.54, 1.807) is 0 Å². The van der Waals surface area contributed by atoms with Crippen molar-refractivity contribution >= 4 is 17.9 Å². The van der Waals surface area contributed by atoms with Gasteiger partial charge in [0.1, 0.15) is 13.2 Å². The van der Waals surface area contributed by atoms with Crippen LogP contribution in [0.3, 0.4) is 0 Å². The molecular weight excluding hydrogens is 865 g/mol. The van der Waals surface area contributed by atoms with Gasteiger partial charge in [0.25, 0.3) is 0 Å². The molecular formula is C64H106O6. The molecule has 6 nitrogen and oxygen atoms in total. The second-order valence-corrected chi connectivity index (χ2v) is 18.8. The van der Waals surface area contributed by atoms with Crippen molar-refractivity contribution in [1.82, 2.24) is 0 Å². The first-order valence-electron chi connectivity index (χ1n) is 28.9. The Morgan fingerprint density at radius 2 is 0.571 bits per heavy atom. The molecule has 0 aromatic rings.